The molecule has 5 nitrogen and oxygen atoms in total. The minimum atomic E-state index is -3.05. The average Bonchev–Trinajstić information content (AvgIpc) is 2.68. The number of nitrogens with one attached hydrogen (secondary N) is 2. The van der Waals surface area contributed by atoms with E-state index in [2.05, 4.69) is 19.5 Å². The number of carbonyl (C=O) groups is 1. The first-order chi connectivity index (χ1) is 13.1. The summed E-state index contributed by atoms with van der Waals surface area (Å²) in [4.78, 5) is 12.3. The molecule has 0 bridgehead atoms. The molecule has 2 aromatic rings. The number of nitrogens with two attached hydrogens (primary N) is 1. The van der Waals surface area contributed by atoms with Gasteiger partial charge in [-0.2, -0.15) is 0 Å². The molecule has 0 aromatic heterocycles. The minimum absolute atomic E-state index is 0.112. The lowest BCUT2D eigenvalue weighted by atomic mass is 9.82. The van der Waals surface area contributed by atoms with Gasteiger partial charge in [0.1, 0.15) is 5.60 Å². The zero-order valence-electron chi connectivity index (χ0n) is 15.7. The Balaban J connectivity index is 2.02. The maximum Gasteiger partial charge on any atom is 0.268 e. The van der Waals surface area contributed by atoms with Gasteiger partial charge in [-0.15, -0.1) is 8.86 Å². The van der Waals surface area contributed by atoms with E-state index in [0.717, 1.165) is 18.1 Å². The summed E-state index contributed by atoms with van der Waals surface area (Å²) in [5.74, 6) is -0.390. The van der Waals surface area contributed by atoms with Crippen LogP contribution in [0, 0.1) is 0 Å². The van der Waals surface area contributed by atoms with Crippen molar-refractivity contribution in [1.82, 2.24) is 10.6 Å². The number of alkyl halides is 2. The van der Waals surface area contributed by atoms with Gasteiger partial charge >= 0.3 is 0 Å². The fourth-order valence-electron chi connectivity index (χ4n) is 2.61. The molecule has 2 rings (SSSR count). The third kappa shape index (κ3) is 4.62. The maximum absolute atomic E-state index is 13.2. The van der Waals surface area contributed by atoms with Crippen molar-refractivity contribution in [2.75, 3.05) is 6.67 Å². The molecule has 28 heavy (non-hydrogen) atoms. The van der Waals surface area contributed by atoms with Crippen molar-refractivity contribution in [2.45, 2.75) is 31.4 Å². The number of aliphatic hydroxyl groups is 1. The predicted octanol–water partition coefficient (Wildman–Crippen LogP) is 2.64. The van der Waals surface area contributed by atoms with Crippen molar-refractivity contribution >= 4 is 20.2 Å². The number of halogens is 2. The van der Waals surface area contributed by atoms with E-state index >= 15 is 0 Å². The second kappa shape index (κ2) is 8.88. The second-order valence-electron chi connectivity index (χ2n) is 6.79. The molecule has 0 aliphatic carbocycles. The van der Waals surface area contributed by atoms with Crippen LogP contribution in [-0.4, -0.2) is 40.7 Å². The first-order valence-corrected chi connectivity index (χ1v) is 9.13. The number of benzene rings is 2. The number of rotatable bonds is 8. The molecule has 0 aliphatic rings. The highest BCUT2D eigenvalue weighted by Crippen LogP contribution is 2.29. The predicted molar refractivity (Wildman–Crippen MR) is 110 cm³/mol. The summed E-state index contributed by atoms with van der Waals surface area (Å²) >= 11 is 0. The lowest BCUT2D eigenvalue weighted by Crippen LogP contribution is -2.70. The van der Waals surface area contributed by atoms with E-state index < -0.39 is 23.5 Å². The van der Waals surface area contributed by atoms with Crippen LogP contribution in [0.25, 0.3) is 11.1 Å². The molecule has 8 heteroatoms. The normalized spacial score (nSPS) is 15.5. The highest BCUT2D eigenvalue weighted by molar-refractivity contribution is 7.21. The Morgan fingerprint density at radius 1 is 1.11 bits per heavy atom. The van der Waals surface area contributed by atoms with Crippen molar-refractivity contribution in [3.05, 3.63) is 60.2 Å². The summed E-state index contributed by atoms with van der Waals surface area (Å²) in [6, 6.07) is 16.7. The number of carbonyl (C=O) groups excluding carboxylic acids is 1. The van der Waals surface area contributed by atoms with E-state index in [0.29, 0.717) is 5.56 Å². The standard InChI is InChI=1S/C20H24F2N3O2P/c1-19(18(23)28,20(2,27)17(21)22)25-12-24-16(26)15-10-8-14(9-11-15)13-6-4-3-5-7-13/h3-11,17,25,27-28H,12,23H2,1-2H3,(H,24,26). The van der Waals surface area contributed by atoms with Crippen molar-refractivity contribution in [3.8, 4) is 11.1 Å². The molecule has 0 aliphatic heterocycles. The highest BCUT2D eigenvalue weighted by Gasteiger charge is 2.51. The van der Waals surface area contributed by atoms with Gasteiger partial charge in [0, 0.05) is 11.0 Å². The number of hydrogen-bond donors (Lipinski definition) is 4. The molecule has 0 saturated carbocycles. The average molecular weight is 407 g/mol. The van der Waals surface area contributed by atoms with E-state index in [4.69, 9.17) is 5.73 Å². The third-order valence-electron chi connectivity index (χ3n) is 4.92. The van der Waals surface area contributed by atoms with Gasteiger partial charge in [-0.1, -0.05) is 42.5 Å². The largest absolute Gasteiger partial charge is 0.382 e. The Hall–Kier alpha value is -2.18. The fraction of sp³-hybridized carbons (Fsp3) is 0.300. The zero-order chi connectivity index (χ0) is 20.9. The van der Waals surface area contributed by atoms with Gasteiger partial charge in [0.15, 0.2) is 0 Å². The first kappa shape index (κ1) is 22.1. The molecule has 5 N–H and O–H groups in total. The van der Waals surface area contributed by atoms with Crippen molar-refractivity contribution in [3.63, 3.8) is 0 Å². The number of hydrogen-bond acceptors (Lipinski definition) is 3. The van der Waals surface area contributed by atoms with Gasteiger partial charge in [-0.25, -0.2) is 8.78 Å². The third-order valence-corrected chi connectivity index (χ3v) is 5.42. The first-order valence-electron chi connectivity index (χ1n) is 8.63. The van der Waals surface area contributed by atoms with Gasteiger partial charge in [-0.05, 0) is 37.1 Å². The smallest absolute Gasteiger partial charge is 0.268 e. The zero-order valence-corrected chi connectivity index (χ0v) is 16.7. The molecule has 1 amide bonds. The Bertz CT molecular complexity index is 829. The van der Waals surface area contributed by atoms with E-state index in [9.17, 15) is 18.7 Å². The van der Waals surface area contributed by atoms with Crippen LogP contribution in [0.1, 0.15) is 24.2 Å². The molecular weight excluding hydrogens is 383 g/mol. The van der Waals surface area contributed by atoms with E-state index in [1.807, 2.05) is 42.5 Å². The van der Waals surface area contributed by atoms with Gasteiger partial charge in [0.25, 0.3) is 12.3 Å². The van der Waals surface area contributed by atoms with Crippen LogP contribution in [-0.2, 0) is 0 Å². The fourth-order valence-corrected chi connectivity index (χ4v) is 2.95. The Labute approximate surface area is 165 Å². The van der Waals surface area contributed by atoms with Gasteiger partial charge < -0.3 is 16.2 Å². The van der Waals surface area contributed by atoms with Crippen LogP contribution in [0.5, 0.6) is 0 Å². The van der Waals surface area contributed by atoms with Crippen LogP contribution in [0.15, 0.2) is 54.6 Å². The topological polar surface area (TPSA) is 87.4 Å². The molecule has 0 saturated heterocycles. The summed E-state index contributed by atoms with van der Waals surface area (Å²) in [6.07, 6.45) is -3.05. The molecule has 0 heterocycles. The molecule has 2 atom stereocenters. The molecule has 2 aromatic carbocycles. The lowest BCUT2D eigenvalue weighted by Gasteiger charge is -2.42. The highest BCUT2D eigenvalue weighted by atomic mass is 31.0. The second-order valence-corrected chi connectivity index (χ2v) is 7.33. The monoisotopic (exact) mass is 407 g/mol. The van der Waals surface area contributed by atoms with E-state index in [1.54, 1.807) is 12.1 Å². The quantitative estimate of drug-likeness (QED) is 0.400. The molecule has 0 spiro atoms. The summed E-state index contributed by atoms with van der Waals surface area (Å²) in [6.45, 7) is 2.12. The van der Waals surface area contributed by atoms with E-state index in [-0.39, 0.29) is 12.1 Å². The summed E-state index contributed by atoms with van der Waals surface area (Å²) in [7, 11) is 3.03. The SMILES string of the molecule is CC(NCNC(=O)c1ccc(-c2ccccc2)cc1)(C(N)=P)C(C)(O)C(F)F. The van der Waals surface area contributed by atoms with Gasteiger partial charge in [0.2, 0.25) is 0 Å². The molecular formula is C20H24F2N3O2P. The summed E-state index contributed by atoms with van der Waals surface area (Å²) in [5, 5.41) is 15.4. The molecule has 0 fully saturated rings. The Morgan fingerprint density at radius 3 is 2.14 bits per heavy atom. The molecule has 2 unspecified atom stereocenters. The van der Waals surface area contributed by atoms with Crippen LogP contribution >= 0.6 is 8.86 Å². The lowest BCUT2D eigenvalue weighted by molar-refractivity contribution is -0.117. The van der Waals surface area contributed by atoms with E-state index in [1.165, 1.54) is 6.92 Å². The Kier molecular flexibility index (Phi) is 7.01. The van der Waals surface area contributed by atoms with Crippen molar-refractivity contribution < 1.29 is 18.7 Å². The van der Waals surface area contributed by atoms with Crippen molar-refractivity contribution in [1.29, 1.82) is 0 Å². The molecule has 0 radical (unpaired) electrons. The van der Waals surface area contributed by atoms with Crippen LogP contribution in [0.3, 0.4) is 0 Å². The van der Waals surface area contributed by atoms with Gasteiger partial charge in [-0.3, -0.25) is 10.1 Å². The van der Waals surface area contributed by atoms with Crippen LogP contribution in [0.4, 0.5) is 8.78 Å². The van der Waals surface area contributed by atoms with Crippen molar-refractivity contribution in [2.24, 2.45) is 5.73 Å². The van der Waals surface area contributed by atoms with Gasteiger partial charge in [0.05, 0.1) is 12.2 Å². The maximum atomic E-state index is 13.2. The Morgan fingerprint density at radius 2 is 1.64 bits per heavy atom. The summed E-state index contributed by atoms with van der Waals surface area (Å²) in [5.41, 5.74) is 3.83. The number of amides is 1. The molecule has 150 valence electrons. The van der Waals surface area contributed by atoms with Crippen LogP contribution in [0.2, 0.25) is 0 Å². The minimum Gasteiger partial charge on any atom is -0.382 e. The van der Waals surface area contributed by atoms with Crippen LogP contribution < -0.4 is 16.4 Å². The summed E-state index contributed by atoms with van der Waals surface area (Å²) < 4.78 is 26.5.